The Bertz CT molecular complexity index is 570. The summed E-state index contributed by atoms with van der Waals surface area (Å²) in [5, 5.41) is 3.33. The van der Waals surface area contributed by atoms with Gasteiger partial charge in [-0.05, 0) is 46.6 Å². The molecule has 0 bridgehead atoms. The SMILES string of the molecule is COc1cc(Nc2cccc(C)c2Br)ccc1N. The summed E-state index contributed by atoms with van der Waals surface area (Å²) in [6, 6.07) is 11.7. The first-order valence-corrected chi connectivity index (χ1v) is 6.37. The van der Waals surface area contributed by atoms with Gasteiger partial charge >= 0.3 is 0 Å². The molecule has 2 rings (SSSR count). The highest BCUT2D eigenvalue weighted by Gasteiger charge is 2.05. The van der Waals surface area contributed by atoms with Gasteiger partial charge in [-0.25, -0.2) is 0 Å². The molecule has 0 radical (unpaired) electrons. The first-order chi connectivity index (χ1) is 8.61. The lowest BCUT2D eigenvalue weighted by atomic mass is 10.2. The summed E-state index contributed by atoms with van der Waals surface area (Å²) in [5.74, 6) is 0.670. The topological polar surface area (TPSA) is 47.3 Å². The van der Waals surface area contributed by atoms with Crippen LogP contribution in [0.1, 0.15) is 5.56 Å². The van der Waals surface area contributed by atoms with E-state index in [4.69, 9.17) is 10.5 Å². The van der Waals surface area contributed by atoms with Gasteiger partial charge in [-0.1, -0.05) is 12.1 Å². The Morgan fingerprint density at radius 1 is 1.22 bits per heavy atom. The fraction of sp³-hybridized carbons (Fsp3) is 0.143. The molecule has 4 heteroatoms. The van der Waals surface area contributed by atoms with E-state index < -0.39 is 0 Å². The Morgan fingerprint density at radius 2 is 2.00 bits per heavy atom. The van der Waals surface area contributed by atoms with Crippen molar-refractivity contribution in [3.8, 4) is 5.75 Å². The molecule has 94 valence electrons. The predicted octanol–water partition coefficient (Wildman–Crippen LogP) is 4.09. The number of ether oxygens (including phenoxy) is 1. The van der Waals surface area contributed by atoms with Crippen LogP contribution in [-0.2, 0) is 0 Å². The highest BCUT2D eigenvalue weighted by Crippen LogP contribution is 2.31. The third-order valence-electron chi connectivity index (χ3n) is 2.70. The van der Waals surface area contributed by atoms with E-state index in [2.05, 4.69) is 34.2 Å². The van der Waals surface area contributed by atoms with Crippen LogP contribution >= 0.6 is 15.9 Å². The molecule has 3 N–H and O–H groups in total. The molecule has 0 saturated heterocycles. The summed E-state index contributed by atoms with van der Waals surface area (Å²) in [6.07, 6.45) is 0. The molecule has 0 aliphatic carbocycles. The average molecular weight is 307 g/mol. The van der Waals surface area contributed by atoms with Crippen LogP contribution in [0, 0.1) is 6.92 Å². The van der Waals surface area contributed by atoms with Crippen molar-refractivity contribution >= 4 is 33.0 Å². The molecule has 2 aromatic carbocycles. The van der Waals surface area contributed by atoms with E-state index in [-0.39, 0.29) is 0 Å². The fourth-order valence-corrected chi connectivity index (χ4v) is 2.05. The molecule has 0 aromatic heterocycles. The molecular weight excluding hydrogens is 292 g/mol. The molecule has 0 spiro atoms. The van der Waals surface area contributed by atoms with Crippen LogP contribution in [0.25, 0.3) is 0 Å². The first kappa shape index (κ1) is 12.8. The number of nitrogen functional groups attached to an aromatic ring is 1. The zero-order valence-corrected chi connectivity index (χ0v) is 11.9. The third kappa shape index (κ3) is 2.59. The van der Waals surface area contributed by atoms with Crippen LogP contribution in [0.4, 0.5) is 17.1 Å². The monoisotopic (exact) mass is 306 g/mol. The van der Waals surface area contributed by atoms with Crippen molar-refractivity contribution < 1.29 is 4.74 Å². The van der Waals surface area contributed by atoms with E-state index in [1.54, 1.807) is 7.11 Å². The summed E-state index contributed by atoms with van der Waals surface area (Å²) < 4.78 is 6.26. The van der Waals surface area contributed by atoms with Crippen LogP contribution in [0.2, 0.25) is 0 Å². The second-order valence-corrected chi connectivity index (χ2v) is 4.81. The molecular formula is C14H15BrN2O. The van der Waals surface area contributed by atoms with E-state index in [1.165, 1.54) is 5.56 Å². The van der Waals surface area contributed by atoms with Gasteiger partial charge in [0.15, 0.2) is 0 Å². The average Bonchev–Trinajstić information content (AvgIpc) is 2.37. The van der Waals surface area contributed by atoms with Gasteiger partial charge in [-0.15, -0.1) is 0 Å². The van der Waals surface area contributed by atoms with Crippen LogP contribution in [0.5, 0.6) is 5.75 Å². The number of halogens is 1. The second kappa shape index (κ2) is 5.31. The maximum absolute atomic E-state index is 5.79. The van der Waals surface area contributed by atoms with Gasteiger partial charge < -0.3 is 15.8 Å². The number of aryl methyl sites for hydroxylation is 1. The van der Waals surface area contributed by atoms with E-state index in [0.717, 1.165) is 15.8 Å². The normalized spacial score (nSPS) is 10.2. The van der Waals surface area contributed by atoms with Crippen LogP contribution in [0.3, 0.4) is 0 Å². The number of nitrogens with one attached hydrogen (secondary N) is 1. The summed E-state index contributed by atoms with van der Waals surface area (Å²) in [7, 11) is 1.61. The summed E-state index contributed by atoms with van der Waals surface area (Å²) in [5.41, 5.74) is 9.55. The van der Waals surface area contributed by atoms with Crippen LogP contribution < -0.4 is 15.8 Å². The zero-order chi connectivity index (χ0) is 13.1. The molecule has 0 amide bonds. The molecule has 0 aliphatic heterocycles. The van der Waals surface area contributed by atoms with Gasteiger partial charge in [0.25, 0.3) is 0 Å². The second-order valence-electron chi connectivity index (χ2n) is 4.02. The minimum absolute atomic E-state index is 0.631. The molecule has 2 aromatic rings. The lowest BCUT2D eigenvalue weighted by Gasteiger charge is -2.12. The number of nitrogens with two attached hydrogens (primary N) is 1. The lowest BCUT2D eigenvalue weighted by Crippen LogP contribution is -1.96. The number of methoxy groups -OCH3 is 1. The van der Waals surface area contributed by atoms with Crippen molar-refractivity contribution in [2.45, 2.75) is 6.92 Å². The van der Waals surface area contributed by atoms with Crippen LogP contribution in [-0.4, -0.2) is 7.11 Å². The van der Waals surface area contributed by atoms with E-state index in [1.807, 2.05) is 30.3 Å². The summed E-state index contributed by atoms with van der Waals surface area (Å²) in [6.45, 7) is 2.05. The molecule has 0 aliphatic rings. The minimum atomic E-state index is 0.631. The molecule has 0 unspecified atom stereocenters. The van der Waals surface area contributed by atoms with Crippen molar-refractivity contribution in [3.05, 3.63) is 46.4 Å². The molecule has 3 nitrogen and oxygen atoms in total. The standard InChI is InChI=1S/C14H15BrN2O/c1-9-4-3-5-12(14(9)15)17-10-6-7-11(16)13(8-10)18-2/h3-8,17H,16H2,1-2H3. The number of benzene rings is 2. The Labute approximate surface area is 115 Å². The smallest absolute Gasteiger partial charge is 0.143 e. The van der Waals surface area contributed by atoms with Gasteiger partial charge in [0, 0.05) is 16.2 Å². The Kier molecular flexibility index (Phi) is 3.77. The first-order valence-electron chi connectivity index (χ1n) is 5.57. The third-order valence-corrected chi connectivity index (χ3v) is 3.76. The molecule has 0 saturated carbocycles. The maximum atomic E-state index is 5.79. The van der Waals surface area contributed by atoms with Gasteiger partial charge in [0.05, 0.1) is 18.5 Å². The van der Waals surface area contributed by atoms with Gasteiger partial charge in [-0.2, -0.15) is 0 Å². The van der Waals surface area contributed by atoms with E-state index in [0.29, 0.717) is 11.4 Å². The number of hydrogen-bond acceptors (Lipinski definition) is 3. The Hall–Kier alpha value is -1.68. The van der Waals surface area contributed by atoms with Crippen molar-refractivity contribution in [2.24, 2.45) is 0 Å². The highest BCUT2D eigenvalue weighted by molar-refractivity contribution is 9.10. The maximum Gasteiger partial charge on any atom is 0.143 e. The molecule has 0 fully saturated rings. The largest absolute Gasteiger partial charge is 0.495 e. The lowest BCUT2D eigenvalue weighted by molar-refractivity contribution is 0.417. The van der Waals surface area contributed by atoms with Gasteiger partial charge in [0.2, 0.25) is 0 Å². The van der Waals surface area contributed by atoms with Crippen molar-refractivity contribution in [3.63, 3.8) is 0 Å². The summed E-state index contributed by atoms with van der Waals surface area (Å²) >= 11 is 3.57. The van der Waals surface area contributed by atoms with Crippen molar-refractivity contribution in [1.82, 2.24) is 0 Å². The Balaban J connectivity index is 2.31. The van der Waals surface area contributed by atoms with Gasteiger partial charge in [-0.3, -0.25) is 0 Å². The minimum Gasteiger partial charge on any atom is -0.495 e. The summed E-state index contributed by atoms with van der Waals surface area (Å²) in [4.78, 5) is 0. The molecule has 18 heavy (non-hydrogen) atoms. The van der Waals surface area contributed by atoms with E-state index >= 15 is 0 Å². The van der Waals surface area contributed by atoms with Crippen molar-refractivity contribution in [1.29, 1.82) is 0 Å². The Morgan fingerprint density at radius 3 is 2.72 bits per heavy atom. The quantitative estimate of drug-likeness (QED) is 0.840. The van der Waals surface area contributed by atoms with Crippen molar-refractivity contribution in [2.75, 3.05) is 18.2 Å². The van der Waals surface area contributed by atoms with E-state index in [9.17, 15) is 0 Å². The molecule has 0 heterocycles. The van der Waals surface area contributed by atoms with Gasteiger partial charge in [0.1, 0.15) is 5.75 Å². The fourth-order valence-electron chi connectivity index (χ4n) is 1.69. The number of rotatable bonds is 3. The zero-order valence-electron chi connectivity index (χ0n) is 10.3. The number of hydrogen-bond donors (Lipinski definition) is 2. The highest BCUT2D eigenvalue weighted by atomic mass is 79.9. The molecule has 0 atom stereocenters. The van der Waals surface area contributed by atoms with Crippen LogP contribution in [0.15, 0.2) is 40.9 Å². The number of anilines is 3. The predicted molar refractivity (Wildman–Crippen MR) is 79.6 cm³/mol.